The van der Waals surface area contributed by atoms with Gasteiger partial charge in [0.25, 0.3) is 15.9 Å². The molecule has 2 N–H and O–H groups in total. The van der Waals surface area contributed by atoms with Crippen LogP contribution in [0.4, 0.5) is 0 Å². The third-order valence-electron chi connectivity index (χ3n) is 3.42. The average Bonchev–Trinajstić information content (AvgIpc) is 2.61. The van der Waals surface area contributed by atoms with Crippen LogP contribution in [0.25, 0.3) is 0 Å². The molecule has 0 spiro atoms. The lowest BCUT2D eigenvalue weighted by atomic mass is 10.2. The van der Waals surface area contributed by atoms with Crippen LogP contribution in [0.15, 0.2) is 58.5 Å². The van der Waals surface area contributed by atoms with E-state index in [0.29, 0.717) is 11.3 Å². The number of ether oxygens (including phenoxy) is 1. The Morgan fingerprint density at radius 3 is 2.33 bits per heavy atom. The summed E-state index contributed by atoms with van der Waals surface area (Å²) in [6.45, 7) is 5.56. The number of hydrazone groups is 1. The van der Waals surface area contributed by atoms with Crippen molar-refractivity contribution in [3.63, 3.8) is 0 Å². The van der Waals surface area contributed by atoms with Gasteiger partial charge in [0.05, 0.1) is 11.1 Å². The molecule has 0 aromatic heterocycles. The maximum Gasteiger partial charge on any atom is 0.276 e. The van der Waals surface area contributed by atoms with E-state index in [2.05, 4.69) is 15.2 Å². The maximum absolute atomic E-state index is 12.1. The molecule has 0 aliphatic heterocycles. The maximum atomic E-state index is 12.1. The minimum atomic E-state index is -3.70. The molecular weight excluding hydrogens is 366 g/mol. The van der Waals surface area contributed by atoms with Crippen LogP contribution in [-0.2, 0) is 14.8 Å². The number of rotatable bonds is 8. The predicted molar refractivity (Wildman–Crippen MR) is 104 cm³/mol. The minimum Gasteiger partial charge on any atom is -0.484 e. The fourth-order valence-electron chi connectivity index (χ4n) is 2.10. The predicted octanol–water partition coefficient (Wildman–Crippen LogP) is 2.21. The van der Waals surface area contributed by atoms with Crippen molar-refractivity contribution in [2.24, 2.45) is 5.10 Å². The summed E-state index contributed by atoms with van der Waals surface area (Å²) in [6, 6.07) is 13.3. The van der Waals surface area contributed by atoms with Gasteiger partial charge >= 0.3 is 0 Å². The SMILES string of the molecule is Cc1ccc(S(=O)(=O)NN=Cc2ccc(OCC(=O)NC(C)C)cc2)cc1. The number of nitrogens with one attached hydrogen (secondary N) is 2. The highest BCUT2D eigenvalue weighted by Crippen LogP contribution is 2.12. The normalized spacial score (nSPS) is 11.6. The second kappa shape index (κ2) is 9.18. The number of hydrogen-bond donors (Lipinski definition) is 2. The lowest BCUT2D eigenvalue weighted by Crippen LogP contribution is -2.34. The lowest BCUT2D eigenvalue weighted by Gasteiger charge is -2.09. The summed E-state index contributed by atoms with van der Waals surface area (Å²) in [6.07, 6.45) is 1.39. The van der Waals surface area contributed by atoms with Crippen molar-refractivity contribution in [1.82, 2.24) is 10.1 Å². The zero-order valence-electron chi connectivity index (χ0n) is 15.5. The van der Waals surface area contributed by atoms with Gasteiger partial charge in [0.2, 0.25) is 0 Å². The first-order valence-corrected chi connectivity index (χ1v) is 9.88. The molecule has 0 fully saturated rings. The van der Waals surface area contributed by atoms with Crippen molar-refractivity contribution in [1.29, 1.82) is 0 Å². The number of hydrogen-bond acceptors (Lipinski definition) is 5. The summed E-state index contributed by atoms with van der Waals surface area (Å²) in [5.74, 6) is 0.340. The highest BCUT2D eigenvalue weighted by Gasteiger charge is 2.11. The van der Waals surface area contributed by atoms with Crippen LogP contribution < -0.4 is 14.9 Å². The molecule has 8 heteroatoms. The van der Waals surface area contributed by atoms with Crippen molar-refractivity contribution < 1.29 is 17.9 Å². The molecule has 1 amide bonds. The van der Waals surface area contributed by atoms with Crippen molar-refractivity contribution in [3.05, 3.63) is 59.7 Å². The standard InChI is InChI=1S/C19H23N3O4S/c1-14(2)21-19(23)13-26-17-8-6-16(7-9-17)12-20-22-27(24,25)18-10-4-15(3)5-11-18/h4-12,14,22H,13H2,1-3H3,(H,21,23). The van der Waals surface area contributed by atoms with E-state index in [4.69, 9.17) is 4.74 Å². The monoisotopic (exact) mass is 389 g/mol. The summed E-state index contributed by atoms with van der Waals surface area (Å²) >= 11 is 0. The van der Waals surface area contributed by atoms with Gasteiger partial charge in [0.15, 0.2) is 6.61 Å². The van der Waals surface area contributed by atoms with E-state index in [1.807, 2.05) is 20.8 Å². The fraction of sp³-hybridized carbons (Fsp3) is 0.263. The molecule has 0 radical (unpaired) electrons. The summed E-state index contributed by atoms with van der Waals surface area (Å²) < 4.78 is 29.6. The Morgan fingerprint density at radius 1 is 1.11 bits per heavy atom. The van der Waals surface area contributed by atoms with E-state index in [0.717, 1.165) is 5.56 Å². The molecule has 7 nitrogen and oxygen atoms in total. The largest absolute Gasteiger partial charge is 0.484 e. The van der Waals surface area contributed by atoms with Crippen LogP contribution in [0.1, 0.15) is 25.0 Å². The summed E-state index contributed by atoms with van der Waals surface area (Å²) in [5.41, 5.74) is 1.65. The van der Waals surface area contributed by atoms with Gasteiger partial charge in [-0.25, -0.2) is 4.83 Å². The molecule has 0 bridgehead atoms. The summed E-state index contributed by atoms with van der Waals surface area (Å²) in [5, 5.41) is 6.51. The first-order chi connectivity index (χ1) is 12.8. The van der Waals surface area contributed by atoms with Crippen molar-refractivity contribution >= 4 is 22.1 Å². The molecule has 144 valence electrons. The molecule has 2 rings (SSSR count). The molecule has 2 aromatic carbocycles. The quantitative estimate of drug-likeness (QED) is 0.534. The van der Waals surface area contributed by atoms with E-state index < -0.39 is 10.0 Å². The van der Waals surface area contributed by atoms with Crippen LogP contribution in [-0.4, -0.2) is 33.2 Å². The first kappa shape index (κ1) is 20.4. The van der Waals surface area contributed by atoms with Gasteiger partial charge in [-0.15, -0.1) is 0 Å². The summed E-state index contributed by atoms with van der Waals surface area (Å²) in [7, 11) is -3.70. The third kappa shape index (κ3) is 6.74. The van der Waals surface area contributed by atoms with Crippen LogP contribution in [0, 0.1) is 6.92 Å². The number of carbonyl (C=O) groups is 1. The number of carbonyl (C=O) groups excluding carboxylic acids is 1. The van der Waals surface area contributed by atoms with Crippen LogP contribution in [0.3, 0.4) is 0 Å². The fourth-order valence-corrected chi connectivity index (χ4v) is 2.89. The van der Waals surface area contributed by atoms with E-state index in [-0.39, 0.29) is 23.5 Å². The zero-order chi connectivity index (χ0) is 19.9. The molecule has 0 unspecified atom stereocenters. The second-order valence-electron chi connectivity index (χ2n) is 6.25. The number of benzene rings is 2. The van der Waals surface area contributed by atoms with Gasteiger partial charge in [-0.2, -0.15) is 13.5 Å². The zero-order valence-corrected chi connectivity index (χ0v) is 16.3. The topological polar surface area (TPSA) is 96.9 Å². The first-order valence-electron chi connectivity index (χ1n) is 8.40. The van der Waals surface area contributed by atoms with Crippen LogP contribution in [0.5, 0.6) is 5.75 Å². The van der Waals surface area contributed by atoms with Gasteiger partial charge in [-0.05, 0) is 62.7 Å². The summed E-state index contributed by atoms with van der Waals surface area (Å²) in [4.78, 5) is 13.9. The highest BCUT2D eigenvalue weighted by molar-refractivity contribution is 7.89. The van der Waals surface area contributed by atoms with Gasteiger partial charge in [-0.1, -0.05) is 17.7 Å². The molecule has 0 atom stereocenters. The Bertz CT molecular complexity index is 890. The number of nitrogens with zero attached hydrogens (tertiary/aromatic N) is 1. The Hall–Kier alpha value is -2.87. The highest BCUT2D eigenvalue weighted by atomic mass is 32.2. The van der Waals surface area contributed by atoms with Crippen molar-refractivity contribution in [3.8, 4) is 5.75 Å². The molecule has 2 aromatic rings. The van der Waals surface area contributed by atoms with Gasteiger partial charge in [0, 0.05) is 6.04 Å². The lowest BCUT2D eigenvalue weighted by molar-refractivity contribution is -0.123. The smallest absolute Gasteiger partial charge is 0.276 e. The minimum absolute atomic E-state index is 0.0587. The van der Waals surface area contributed by atoms with Crippen LogP contribution in [0.2, 0.25) is 0 Å². The second-order valence-corrected chi connectivity index (χ2v) is 7.91. The Labute approximate surface area is 159 Å². The average molecular weight is 389 g/mol. The molecule has 0 saturated carbocycles. The van der Waals surface area contributed by atoms with Crippen molar-refractivity contribution in [2.75, 3.05) is 6.61 Å². The number of amides is 1. The van der Waals surface area contributed by atoms with Crippen molar-refractivity contribution in [2.45, 2.75) is 31.7 Å². The van der Waals surface area contributed by atoms with E-state index in [1.165, 1.54) is 18.3 Å². The van der Waals surface area contributed by atoms with E-state index in [9.17, 15) is 13.2 Å². The Kier molecular flexibility index (Phi) is 6.95. The molecular formula is C19H23N3O4S. The Morgan fingerprint density at radius 2 is 1.74 bits per heavy atom. The molecule has 0 heterocycles. The Balaban J connectivity index is 1.90. The third-order valence-corrected chi connectivity index (χ3v) is 4.66. The van der Waals surface area contributed by atoms with Gasteiger partial charge in [0.1, 0.15) is 5.75 Å². The molecule has 0 saturated heterocycles. The van der Waals surface area contributed by atoms with Gasteiger partial charge in [-0.3, -0.25) is 4.79 Å². The molecule has 27 heavy (non-hydrogen) atoms. The number of sulfonamides is 1. The molecule has 0 aliphatic rings. The van der Waals surface area contributed by atoms with E-state index in [1.54, 1.807) is 36.4 Å². The van der Waals surface area contributed by atoms with Crippen LogP contribution >= 0.6 is 0 Å². The number of aryl methyl sites for hydroxylation is 1. The van der Waals surface area contributed by atoms with E-state index >= 15 is 0 Å². The van der Waals surface area contributed by atoms with Gasteiger partial charge < -0.3 is 10.1 Å². The molecule has 0 aliphatic carbocycles.